The summed E-state index contributed by atoms with van der Waals surface area (Å²) in [4.78, 5) is 26.7. The number of hydrogen-bond acceptors (Lipinski definition) is 5. The molecule has 6 nitrogen and oxygen atoms in total. The molecule has 0 aliphatic rings. The molecule has 1 aromatic carbocycles. The van der Waals surface area contributed by atoms with E-state index in [1.165, 1.54) is 64.5 Å². The standard InChI is InChI=1S/C28H40FNO5/c1-3-4-5-6-7-8-9-10-11-12-16-19-24-20-30-26(25(24)29)27(31)34-22(2)35-28(32)33-21-23-17-14-13-15-18-23/h13-15,17-18,20,22,30H,3-12,16,19,21H2,1-2H3. The van der Waals surface area contributed by atoms with E-state index < -0.39 is 24.2 Å². The van der Waals surface area contributed by atoms with Crippen molar-refractivity contribution in [3.8, 4) is 0 Å². The predicted molar refractivity (Wildman–Crippen MR) is 134 cm³/mol. The second-order valence-electron chi connectivity index (χ2n) is 8.90. The van der Waals surface area contributed by atoms with Gasteiger partial charge >= 0.3 is 12.1 Å². The van der Waals surface area contributed by atoms with Crippen LogP contribution in [0.25, 0.3) is 0 Å². The molecule has 0 bridgehead atoms. The number of benzene rings is 1. The van der Waals surface area contributed by atoms with Crippen molar-refractivity contribution in [3.63, 3.8) is 0 Å². The number of halogens is 1. The molecule has 0 amide bonds. The number of carbonyl (C=O) groups excluding carboxylic acids is 2. The number of ether oxygens (including phenoxy) is 3. The van der Waals surface area contributed by atoms with Crippen molar-refractivity contribution in [1.29, 1.82) is 0 Å². The predicted octanol–water partition coefficient (Wildman–Crippen LogP) is 7.86. The minimum Gasteiger partial charge on any atom is -0.429 e. The van der Waals surface area contributed by atoms with Crippen molar-refractivity contribution in [2.75, 3.05) is 0 Å². The summed E-state index contributed by atoms with van der Waals surface area (Å²) < 4.78 is 29.6. The van der Waals surface area contributed by atoms with Crippen molar-refractivity contribution in [3.05, 3.63) is 59.2 Å². The van der Waals surface area contributed by atoms with E-state index in [-0.39, 0.29) is 12.3 Å². The van der Waals surface area contributed by atoms with E-state index in [2.05, 4.69) is 11.9 Å². The van der Waals surface area contributed by atoms with Crippen LogP contribution in [0.15, 0.2) is 36.5 Å². The Kier molecular flexibility index (Phi) is 13.6. The second kappa shape index (κ2) is 16.7. The molecule has 1 aromatic heterocycles. The van der Waals surface area contributed by atoms with Crippen molar-refractivity contribution in [2.45, 2.75) is 104 Å². The molecule has 1 atom stereocenters. The van der Waals surface area contributed by atoms with Gasteiger partial charge in [0.25, 0.3) is 0 Å². The van der Waals surface area contributed by atoms with E-state index in [4.69, 9.17) is 14.2 Å². The molecular formula is C28H40FNO5. The van der Waals surface area contributed by atoms with Crippen LogP contribution in [0.2, 0.25) is 0 Å². The van der Waals surface area contributed by atoms with Crippen molar-refractivity contribution in [2.24, 2.45) is 0 Å². The maximum Gasteiger partial charge on any atom is 0.511 e. The summed E-state index contributed by atoms with van der Waals surface area (Å²) in [6, 6.07) is 9.11. The molecule has 0 aliphatic carbocycles. The van der Waals surface area contributed by atoms with Gasteiger partial charge in [0.2, 0.25) is 6.29 Å². The maximum atomic E-state index is 14.6. The van der Waals surface area contributed by atoms with Crippen LogP contribution in [0.3, 0.4) is 0 Å². The Labute approximate surface area is 208 Å². The van der Waals surface area contributed by atoms with Gasteiger partial charge in [-0.25, -0.2) is 14.0 Å². The van der Waals surface area contributed by atoms with E-state index in [1.807, 2.05) is 18.2 Å². The van der Waals surface area contributed by atoms with Crippen molar-refractivity contribution >= 4 is 12.1 Å². The molecule has 0 radical (unpaired) electrons. The summed E-state index contributed by atoms with van der Waals surface area (Å²) in [5, 5.41) is 0. The third-order valence-corrected chi connectivity index (χ3v) is 5.88. The lowest BCUT2D eigenvalue weighted by molar-refractivity contribution is -0.0838. The highest BCUT2D eigenvalue weighted by Crippen LogP contribution is 2.18. The maximum absolute atomic E-state index is 14.6. The van der Waals surface area contributed by atoms with E-state index >= 15 is 0 Å². The molecule has 35 heavy (non-hydrogen) atoms. The smallest absolute Gasteiger partial charge is 0.429 e. The number of nitrogens with one attached hydrogen (secondary N) is 1. The molecule has 2 rings (SSSR count). The van der Waals surface area contributed by atoms with Gasteiger partial charge in [-0.1, -0.05) is 101 Å². The van der Waals surface area contributed by atoms with Gasteiger partial charge in [-0.2, -0.15) is 0 Å². The highest BCUT2D eigenvalue weighted by atomic mass is 19.1. The number of hydrogen-bond donors (Lipinski definition) is 1. The average Bonchev–Trinajstić information content (AvgIpc) is 3.22. The lowest BCUT2D eigenvalue weighted by Crippen LogP contribution is -2.23. The summed E-state index contributed by atoms with van der Waals surface area (Å²) >= 11 is 0. The van der Waals surface area contributed by atoms with Crippen LogP contribution in [-0.2, 0) is 27.2 Å². The first kappa shape index (κ1) is 28.4. The lowest BCUT2D eigenvalue weighted by atomic mass is 10.0. The van der Waals surface area contributed by atoms with E-state index in [0.29, 0.717) is 12.0 Å². The molecule has 2 aromatic rings. The fourth-order valence-electron chi connectivity index (χ4n) is 3.88. The molecule has 0 fully saturated rings. The first-order valence-corrected chi connectivity index (χ1v) is 12.9. The SMILES string of the molecule is CCCCCCCCCCCCCc1c[nH]c(C(=O)OC(C)OC(=O)OCc2ccccc2)c1F. The topological polar surface area (TPSA) is 77.6 Å². The number of rotatable bonds is 17. The molecule has 0 saturated carbocycles. The van der Waals surface area contributed by atoms with Crippen LogP contribution in [0.5, 0.6) is 0 Å². The van der Waals surface area contributed by atoms with Gasteiger partial charge in [-0.15, -0.1) is 0 Å². The number of aryl methyl sites for hydroxylation is 1. The number of carbonyl (C=O) groups is 2. The second-order valence-corrected chi connectivity index (χ2v) is 8.90. The molecule has 7 heteroatoms. The van der Waals surface area contributed by atoms with Gasteiger partial charge in [0.05, 0.1) is 0 Å². The molecular weight excluding hydrogens is 449 g/mol. The van der Waals surface area contributed by atoms with Gasteiger partial charge in [-0.05, 0) is 18.4 Å². The van der Waals surface area contributed by atoms with Crippen LogP contribution < -0.4 is 0 Å². The third-order valence-electron chi connectivity index (χ3n) is 5.88. The Bertz CT molecular complexity index is 867. The summed E-state index contributed by atoms with van der Waals surface area (Å²) in [6.45, 7) is 3.64. The Morgan fingerprint density at radius 1 is 0.886 bits per heavy atom. The van der Waals surface area contributed by atoms with Crippen LogP contribution in [0, 0.1) is 5.82 Å². The first-order chi connectivity index (χ1) is 17.0. The zero-order valence-electron chi connectivity index (χ0n) is 21.2. The van der Waals surface area contributed by atoms with Crippen LogP contribution >= 0.6 is 0 Å². The first-order valence-electron chi connectivity index (χ1n) is 12.9. The molecule has 1 unspecified atom stereocenters. The zero-order valence-corrected chi connectivity index (χ0v) is 21.2. The largest absolute Gasteiger partial charge is 0.511 e. The Balaban J connectivity index is 1.61. The van der Waals surface area contributed by atoms with Gasteiger partial charge in [-0.3, -0.25) is 0 Å². The molecule has 1 N–H and O–H groups in total. The minimum absolute atomic E-state index is 0.0357. The highest BCUT2D eigenvalue weighted by Gasteiger charge is 2.22. The monoisotopic (exact) mass is 489 g/mol. The minimum atomic E-state index is -1.22. The lowest BCUT2D eigenvalue weighted by Gasteiger charge is -2.13. The van der Waals surface area contributed by atoms with E-state index in [0.717, 1.165) is 24.8 Å². The quantitative estimate of drug-likeness (QED) is 0.139. The van der Waals surface area contributed by atoms with Gasteiger partial charge in [0, 0.05) is 18.7 Å². The average molecular weight is 490 g/mol. The van der Waals surface area contributed by atoms with E-state index in [1.54, 1.807) is 12.1 Å². The fraction of sp³-hybridized carbons (Fsp3) is 0.571. The summed E-state index contributed by atoms with van der Waals surface area (Å²) in [6.07, 6.45) is 13.3. The summed E-state index contributed by atoms with van der Waals surface area (Å²) in [7, 11) is 0. The van der Waals surface area contributed by atoms with Gasteiger partial charge in [0.1, 0.15) is 6.61 Å². The number of esters is 1. The molecule has 0 aliphatic heterocycles. The van der Waals surface area contributed by atoms with Gasteiger partial charge in [0.15, 0.2) is 11.5 Å². The zero-order chi connectivity index (χ0) is 25.3. The molecule has 194 valence electrons. The summed E-state index contributed by atoms with van der Waals surface area (Å²) in [5.74, 6) is -1.53. The summed E-state index contributed by atoms with van der Waals surface area (Å²) in [5.41, 5.74) is 0.993. The molecule has 0 saturated heterocycles. The normalized spacial score (nSPS) is 11.7. The van der Waals surface area contributed by atoms with Crippen molar-refractivity contribution in [1.82, 2.24) is 4.98 Å². The van der Waals surface area contributed by atoms with Crippen LogP contribution in [-0.4, -0.2) is 23.4 Å². The fourth-order valence-corrected chi connectivity index (χ4v) is 3.88. The Hall–Kier alpha value is -2.83. The Morgan fingerprint density at radius 2 is 1.49 bits per heavy atom. The number of H-pyrrole nitrogens is 1. The Morgan fingerprint density at radius 3 is 2.11 bits per heavy atom. The van der Waals surface area contributed by atoms with Crippen LogP contribution in [0.4, 0.5) is 9.18 Å². The van der Waals surface area contributed by atoms with E-state index in [9.17, 15) is 14.0 Å². The third kappa shape index (κ3) is 11.4. The molecule has 0 spiro atoms. The number of aromatic amines is 1. The number of aromatic nitrogens is 1. The number of unbranched alkanes of at least 4 members (excludes halogenated alkanes) is 10. The molecule has 1 heterocycles. The van der Waals surface area contributed by atoms with Crippen LogP contribution in [0.1, 0.15) is 106 Å². The van der Waals surface area contributed by atoms with Crippen molar-refractivity contribution < 1.29 is 28.2 Å². The van der Waals surface area contributed by atoms with Gasteiger partial charge < -0.3 is 19.2 Å². The highest BCUT2D eigenvalue weighted by molar-refractivity contribution is 5.88.